The Morgan fingerprint density at radius 2 is 2.00 bits per heavy atom. The van der Waals surface area contributed by atoms with E-state index in [1.165, 1.54) is 20.8 Å². The summed E-state index contributed by atoms with van der Waals surface area (Å²) in [6.45, 7) is 4.36. The fraction of sp³-hybridized carbons (Fsp3) is 0.875. The maximum atomic E-state index is 13.6. The van der Waals surface area contributed by atoms with E-state index in [-0.39, 0.29) is 6.42 Å². The minimum absolute atomic E-state index is 0.113. The molecule has 1 atom stereocenters. The van der Waals surface area contributed by atoms with E-state index in [1.807, 2.05) is 0 Å². The van der Waals surface area contributed by atoms with Crippen LogP contribution in [0.4, 0.5) is 4.39 Å². The van der Waals surface area contributed by atoms with Gasteiger partial charge in [0, 0.05) is 6.42 Å². The molecule has 0 rings (SSSR count). The number of hydrogen-bond acceptors (Lipinski definition) is 4. The van der Waals surface area contributed by atoms with Gasteiger partial charge in [0.25, 0.3) is 0 Å². The Balaban J connectivity index is 4.91. The summed E-state index contributed by atoms with van der Waals surface area (Å²) in [6.07, 6.45) is -0.480. The highest BCUT2D eigenvalue weighted by atomic mass is 32.2. The number of alkyl halides is 1. The van der Waals surface area contributed by atoms with Crippen molar-refractivity contribution in [3.8, 4) is 0 Å². The predicted molar refractivity (Wildman–Crippen MR) is 51.2 cm³/mol. The van der Waals surface area contributed by atoms with E-state index in [0.717, 1.165) is 0 Å². The summed E-state index contributed by atoms with van der Waals surface area (Å²) in [5.41, 5.74) is 0. The molecule has 0 aliphatic heterocycles. The molecule has 90 valence electrons. The molecule has 15 heavy (non-hydrogen) atoms. The summed E-state index contributed by atoms with van der Waals surface area (Å²) in [7, 11) is -5.06. The van der Waals surface area contributed by atoms with Crippen LogP contribution in [0, 0.1) is 5.92 Å². The largest absolute Gasteiger partial charge is 0.412 e. The normalized spacial score (nSPS) is 16.1. The lowest BCUT2D eigenvalue weighted by Gasteiger charge is -2.22. The third kappa shape index (κ3) is 3.75. The molecule has 0 saturated heterocycles. The molecule has 0 heterocycles. The van der Waals surface area contributed by atoms with E-state index in [2.05, 4.69) is 4.74 Å². The van der Waals surface area contributed by atoms with Gasteiger partial charge in [-0.1, -0.05) is 20.8 Å². The van der Waals surface area contributed by atoms with Gasteiger partial charge in [-0.3, -0.25) is 9.35 Å². The summed E-state index contributed by atoms with van der Waals surface area (Å²) < 4.78 is 47.8. The van der Waals surface area contributed by atoms with E-state index in [1.54, 1.807) is 0 Å². The van der Waals surface area contributed by atoms with Gasteiger partial charge in [-0.15, -0.1) is 0 Å². The molecule has 5 nitrogen and oxygen atoms in total. The average molecular weight is 242 g/mol. The molecule has 1 N–H and O–H groups in total. The van der Waals surface area contributed by atoms with Gasteiger partial charge in [-0.2, -0.15) is 12.8 Å². The number of ether oxygens (including phenoxy) is 1. The summed E-state index contributed by atoms with van der Waals surface area (Å²) >= 11 is 0. The topological polar surface area (TPSA) is 80.7 Å². The van der Waals surface area contributed by atoms with Crippen molar-refractivity contribution < 1.29 is 26.9 Å². The van der Waals surface area contributed by atoms with Crippen molar-refractivity contribution in [1.82, 2.24) is 0 Å². The Kier molecular flexibility index (Phi) is 4.66. The van der Waals surface area contributed by atoms with Gasteiger partial charge in [0.2, 0.25) is 0 Å². The molecule has 0 bridgehead atoms. The van der Waals surface area contributed by atoms with Gasteiger partial charge in [0.15, 0.2) is 0 Å². The standard InChI is InChI=1S/C8H15FO5S/c1-4-5-8(9,15(11,12)13)14-7(10)6(2)3/h6H,4-5H2,1-3H3,(H,11,12,13). The molecule has 1 unspecified atom stereocenters. The van der Waals surface area contributed by atoms with Crippen LogP contribution < -0.4 is 0 Å². The second-order valence-corrected chi connectivity index (χ2v) is 5.02. The molecule has 0 aromatic heterocycles. The van der Waals surface area contributed by atoms with Gasteiger partial charge in [0.05, 0.1) is 5.92 Å². The van der Waals surface area contributed by atoms with Gasteiger partial charge in [0.1, 0.15) is 0 Å². The highest BCUT2D eigenvalue weighted by molar-refractivity contribution is 7.86. The van der Waals surface area contributed by atoms with Crippen molar-refractivity contribution in [2.45, 2.75) is 38.8 Å². The first-order valence-electron chi connectivity index (χ1n) is 4.53. The number of esters is 1. The van der Waals surface area contributed by atoms with Crippen molar-refractivity contribution >= 4 is 16.1 Å². The molecule has 0 aromatic carbocycles. The van der Waals surface area contributed by atoms with Gasteiger partial charge in [-0.05, 0) is 6.42 Å². The van der Waals surface area contributed by atoms with E-state index < -0.39 is 33.6 Å². The molecule has 0 spiro atoms. The van der Waals surface area contributed by atoms with E-state index >= 15 is 0 Å². The SMILES string of the molecule is CCCC(F)(OC(=O)C(C)C)S(=O)(=O)O. The smallest absolute Gasteiger partial charge is 0.377 e. The zero-order valence-electron chi connectivity index (χ0n) is 8.86. The quantitative estimate of drug-likeness (QED) is 0.583. The van der Waals surface area contributed by atoms with E-state index in [4.69, 9.17) is 4.55 Å². The van der Waals surface area contributed by atoms with Gasteiger partial charge in [-0.25, -0.2) is 0 Å². The first kappa shape index (κ1) is 14.3. The summed E-state index contributed by atoms with van der Waals surface area (Å²) in [6, 6.07) is 0. The van der Waals surface area contributed by atoms with Crippen LogP contribution in [-0.4, -0.2) is 24.1 Å². The van der Waals surface area contributed by atoms with Crippen LogP contribution in [0.2, 0.25) is 0 Å². The predicted octanol–water partition coefficient (Wildman–Crippen LogP) is 1.50. The molecule has 0 amide bonds. The minimum Gasteiger partial charge on any atom is -0.412 e. The number of halogens is 1. The third-order valence-corrected chi connectivity index (χ3v) is 2.72. The number of carbonyl (C=O) groups excluding carboxylic acids is 1. The van der Waals surface area contributed by atoms with Crippen molar-refractivity contribution in [2.24, 2.45) is 5.92 Å². The highest BCUT2D eigenvalue weighted by Gasteiger charge is 2.47. The Hall–Kier alpha value is -0.690. The lowest BCUT2D eigenvalue weighted by atomic mass is 10.2. The van der Waals surface area contributed by atoms with Crippen molar-refractivity contribution in [3.05, 3.63) is 0 Å². The average Bonchev–Trinajstić information content (AvgIpc) is 2.02. The molecule has 0 aliphatic carbocycles. The Labute approximate surface area is 88.4 Å². The molecular weight excluding hydrogens is 227 g/mol. The van der Waals surface area contributed by atoms with Crippen LogP contribution in [0.25, 0.3) is 0 Å². The molecule has 0 aromatic rings. The lowest BCUT2D eigenvalue weighted by molar-refractivity contribution is -0.170. The molecule has 0 aliphatic rings. The zero-order valence-corrected chi connectivity index (χ0v) is 9.67. The molecule has 7 heteroatoms. The molecule has 0 saturated carbocycles. The van der Waals surface area contributed by atoms with Crippen LogP contribution in [0.3, 0.4) is 0 Å². The molecular formula is C8H15FO5S. The van der Waals surface area contributed by atoms with Crippen LogP contribution in [-0.2, 0) is 19.6 Å². The number of hydrogen-bond donors (Lipinski definition) is 1. The molecule has 0 fully saturated rings. The van der Waals surface area contributed by atoms with Crippen LogP contribution in [0.1, 0.15) is 33.6 Å². The summed E-state index contributed by atoms with van der Waals surface area (Å²) in [5, 5.41) is -3.33. The van der Waals surface area contributed by atoms with Crippen LogP contribution in [0.5, 0.6) is 0 Å². The fourth-order valence-corrected chi connectivity index (χ4v) is 1.45. The summed E-state index contributed by atoms with van der Waals surface area (Å²) in [5.74, 6) is -1.68. The Morgan fingerprint density at radius 1 is 1.53 bits per heavy atom. The minimum atomic E-state index is -5.06. The summed E-state index contributed by atoms with van der Waals surface area (Å²) in [4.78, 5) is 11.0. The van der Waals surface area contributed by atoms with Crippen molar-refractivity contribution in [1.29, 1.82) is 0 Å². The number of carbonyl (C=O) groups is 1. The van der Waals surface area contributed by atoms with Gasteiger partial charge < -0.3 is 4.74 Å². The Morgan fingerprint density at radius 3 is 2.27 bits per heavy atom. The third-order valence-electron chi connectivity index (χ3n) is 1.66. The van der Waals surface area contributed by atoms with E-state index in [9.17, 15) is 17.6 Å². The first-order valence-corrected chi connectivity index (χ1v) is 5.97. The Bertz CT molecular complexity index is 324. The second kappa shape index (κ2) is 4.89. The zero-order chi connectivity index (χ0) is 12.3. The van der Waals surface area contributed by atoms with Crippen LogP contribution >= 0.6 is 0 Å². The fourth-order valence-electron chi connectivity index (χ4n) is 0.799. The highest BCUT2D eigenvalue weighted by Crippen LogP contribution is 2.27. The molecule has 0 radical (unpaired) electrons. The van der Waals surface area contributed by atoms with Crippen molar-refractivity contribution in [2.75, 3.05) is 0 Å². The van der Waals surface area contributed by atoms with Gasteiger partial charge >= 0.3 is 21.3 Å². The lowest BCUT2D eigenvalue weighted by Crippen LogP contribution is -2.39. The van der Waals surface area contributed by atoms with Crippen LogP contribution in [0.15, 0.2) is 0 Å². The number of rotatable bonds is 5. The maximum Gasteiger partial charge on any atom is 0.377 e. The second-order valence-electron chi connectivity index (χ2n) is 3.46. The van der Waals surface area contributed by atoms with Crippen molar-refractivity contribution in [3.63, 3.8) is 0 Å². The monoisotopic (exact) mass is 242 g/mol. The first-order chi connectivity index (χ1) is 6.64. The maximum absolute atomic E-state index is 13.6. The van der Waals surface area contributed by atoms with E-state index in [0.29, 0.717) is 0 Å².